The highest BCUT2D eigenvalue weighted by Gasteiger charge is 2.34. The average molecular weight is 479 g/mol. The molecule has 3 atom stereocenters. The molecule has 0 spiro atoms. The molecule has 1 N–H and O–H groups in total. The summed E-state index contributed by atoms with van der Waals surface area (Å²) in [7, 11) is 2.02. The Bertz CT molecular complexity index is 1160. The van der Waals surface area contributed by atoms with E-state index in [2.05, 4.69) is 14.9 Å². The minimum atomic E-state index is -0.373. The number of benzene rings is 1. The van der Waals surface area contributed by atoms with Crippen molar-refractivity contribution < 1.29 is 19.0 Å². The number of nitrogens with zero attached hydrogens (tertiary/aromatic N) is 4. The van der Waals surface area contributed by atoms with Gasteiger partial charge in [0.1, 0.15) is 17.5 Å². The highest BCUT2D eigenvalue weighted by atomic mass is 19.1. The first kappa shape index (κ1) is 24.8. The molecule has 0 saturated heterocycles. The van der Waals surface area contributed by atoms with Crippen LogP contribution in [0.3, 0.4) is 0 Å². The molecule has 0 aliphatic carbocycles. The zero-order valence-electron chi connectivity index (χ0n) is 20.3. The molecule has 8 heteroatoms. The first-order valence-electron chi connectivity index (χ1n) is 11.8. The number of rotatable bonds is 7. The Morgan fingerprint density at radius 3 is 2.77 bits per heavy atom. The average Bonchev–Trinajstić information content (AvgIpc) is 2.86. The fraction of sp³-hybridized carbons (Fsp3) is 0.370. The zero-order valence-corrected chi connectivity index (χ0v) is 20.3. The van der Waals surface area contributed by atoms with E-state index in [4.69, 9.17) is 4.74 Å². The normalized spacial score (nSPS) is 19.0. The standard InChI is InChI=1S/C27H31FN4O3/c1-18-14-32(19(2)17-33)27(34)24-11-22(21-7-4-8-23(28)10-21)13-30-26(24)35-25(18)16-31(3)15-20-6-5-9-29-12-20/h4-13,18-19,25,33H,14-17H2,1-3H3/t18-,19-,25+/m1/s1. The van der Waals surface area contributed by atoms with Crippen molar-refractivity contribution in [2.45, 2.75) is 32.5 Å². The maximum absolute atomic E-state index is 13.8. The van der Waals surface area contributed by atoms with E-state index in [0.717, 1.165) is 5.56 Å². The van der Waals surface area contributed by atoms with Crippen LogP contribution >= 0.6 is 0 Å². The zero-order chi connectivity index (χ0) is 24.9. The smallest absolute Gasteiger partial charge is 0.259 e. The highest BCUT2D eigenvalue weighted by Crippen LogP contribution is 2.30. The van der Waals surface area contributed by atoms with Crippen LogP contribution in [0.25, 0.3) is 11.1 Å². The Balaban J connectivity index is 1.66. The Kier molecular flexibility index (Phi) is 7.73. The Morgan fingerprint density at radius 1 is 1.23 bits per heavy atom. The molecule has 3 heterocycles. The molecule has 0 unspecified atom stereocenters. The number of aliphatic hydroxyl groups excluding tert-OH is 1. The lowest BCUT2D eigenvalue weighted by molar-refractivity contribution is 0.0325. The van der Waals surface area contributed by atoms with Crippen LogP contribution in [0, 0.1) is 11.7 Å². The number of carbonyl (C=O) groups is 1. The second-order valence-electron chi connectivity index (χ2n) is 9.27. The van der Waals surface area contributed by atoms with Crippen LogP contribution in [0.2, 0.25) is 0 Å². The summed E-state index contributed by atoms with van der Waals surface area (Å²) >= 11 is 0. The van der Waals surface area contributed by atoms with E-state index < -0.39 is 0 Å². The molecule has 184 valence electrons. The van der Waals surface area contributed by atoms with Gasteiger partial charge in [-0.25, -0.2) is 9.37 Å². The van der Waals surface area contributed by atoms with Gasteiger partial charge in [0.2, 0.25) is 5.88 Å². The SMILES string of the molecule is C[C@@H]1CN([C@H](C)CO)C(=O)c2cc(-c3cccc(F)c3)cnc2O[C@H]1CN(C)Cc1cccnc1. The van der Waals surface area contributed by atoms with Gasteiger partial charge in [-0.3, -0.25) is 14.7 Å². The molecule has 1 aliphatic rings. The van der Waals surface area contributed by atoms with Crippen LogP contribution in [-0.4, -0.2) is 69.7 Å². The van der Waals surface area contributed by atoms with Crippen LogP contribution in [0.1, 0.15) is 29.8 Å². The molecule has 2 aromatic heterocycles. The fourth-order valence-corrected chi connectivity index (χ4v) is 4.32. The van der Waals surface area contributed by atoms with Gasteiger partial charge in [-0.1, -0.05) is 25.1 Å². The second kappa shape index (κ2) is 10.9. The Labute approximate surface area is 205 Å². The van der Waals surface area contributed by atoms with E-state index in [1.165, 1.54) is 12.1 Å². The maximum Gasteiger partial charge on any atom is 0.259 e. The molecule has 0 fully saturated rings. The van der Waals surface area contributed by atoms with E-state index in [1.54, 1.807) is 35.5 Å². The van der Waals surface area contributed by atoms with Gasteiger partial charge in [0.25, 0.3) is 5.91 Å². The summed E-state index contributed by atoms with van der Waals surface area (Å²) in [4.78, 5) is 26.1. The van der Waals surface area contributed by atoms with Gasteiger partial charge in [0.15, 0.2) is 0 Å². The molecule has 1 aliphatic heterocycles. The molecular formula is C27H31FN4O3. The summed E-state index contributed by atoms with van der Waals surface area (Å²) in [6.45, 7) is 5.44. The number of halogens is 1. The molecule has 3 aromatic rings. The predicted octanol–water partition coefficient (Wildman–Crippen LogP) is 3.63. The number of carbonyl (C=O) groups excluding carboxylic acids is 1. The van der Waals surface area contributed by atoms with Crippen molar-refractivity contribution in [2.75, 3.05) is 26.7 Å². The first-order valence-corrected chi connectivity index (χ1v) is 11.8. The third kappa shape index (κ3) is 5.83. The number of hydrogen-bond donors (Lipinski definition) is 1. The van der Waals surface area contributed by atoms with Crippen LogP contribution < -0.4 is 4.74 Å². The molecule has 4 rings (SSSR count). The second-order valence-corrected chi connectivity index (χ2v) is 9.27. The molecule has 0 saturated carbocycles. The van der Waals surface area contributed by atoms with Crippen molar-refractivity contribution in [1.29, 1.82) is 0 Å². The number of aliphatic hydroxyl groups is 1. The number of amides is 1. The van der Waals surface area contributed by atoms with Crippen molar-refractivity contribution in [1.82, 2.24) is 19.8 Å². The lowest BCUT2D eigenvalue weighted by Crippen LogP contribution is -2.49. The van der Waals surface area contributed by atoms with E-state index >= 15 is 0 Å². The minimum absolute atomic E-state index is 0.0119. The van der Waals surface area contributed by atoms with Crippen molar-refractivity contribution in [3.8, 4) is 17.0 Å². The molecule has 1 amide bonds. The van der Waals surface area contributed by atoms with Crippen LogP contribution in [0.15, 0.2) is 61.1 Å². The molecule has 0 bridgehead atoms. The summed E-state index contributed by atoms with van der Waals surface area (Å²) < 4.78 is 20.2. The number of likely N-dealkylation sites (N-methyl/N-ethyl adjacent to an activating group) is 1. The molecule has 35 heavy (non-hydrogen) atoms. The summed E-state index contributed by atoms with van der Waals surface area (Å²) in [6, 6.07) is 11.4. The summed E-state index contributed by atoms with van der Waals surface area (Å²) in [6.07, 6.45) is 4.94. The summed E-state index contributed by atoms with van der Waals surface area (Å²) in [5, 5.41) is 9.84. The predicted molar refractivity (Wildman–Crippen MR) is 131 cm³/mol. The topological polar surface area (TPSA) is 78.8 Å². The van der Waals surface area contributed by atoms with Gasteiger partial charge < -0.3 is 14.7 Å². The van der Waals surface area contributed by atoms with Crippen molar-refractivity contribution in [3.63, 3.8) is 0 Å². The van der Waals surface area contributed by atoms with Crippen LogP contribution in [-0.2, 0) is 6.54 Å². The van der Waals surface area contributed by atoms with Crippen LogP contribution in [0.4, 0.5) is 4.39 Å². The molecule has 0 radical (unpaired) electrons. The number of fused-ring (bicyclic) bond motifs is 1. The highest BCUT2D eigenvalue weighted by molar-refractivity contribution is 5.98. The van der Waals surface area contributed by atoms with Crippen LogP contribution in [0.5, 0.6) is 5.88 Å². The molecule has 1 aromatic carbocycles. The third-order valence-electron chi connectivity index (χ3n) is 6.35. The van der Waals surface area contributed by atoms with Crippen molar-refractivity contribution in [3.05, 3.63) is 78.0 Å². The first-order chi connectivity index (χ1) is 16.9. The number of aromatic nitrogens is 2. The van der Waals surface area contributed by atoms with E-state index in [-0.39, 0.29) is 42.3 Å². The molecule has 7 nitrogen and oxygen atoms in total. The summed E-state index contributed by atoms with van der Waals surface area (Å²) in [5.41, 5.74) is 2.64. The maximum atomic E-state index is 13.8. The lowest BCUT2D eigenvalue weighted by Gasteiger charge is -2.37. The van der Waals surface area contributed by atoms with E-state index in [1.807, 2.05) is 39.2 Å². The number of ether oxygens (including phenoxy) is 1. The van der Waals surface area contributed by atoms with Crippen molar-refractivity contribution in [2.24, 2.45) is 5.92 Å². The van der Waals surface area contributed by atoms with Gasteiger partial charge in [0.05, 0.1) is 12.6 Å². The van der Waals surface area contributed by atoms with Crippen molar-refractivity contribution >= 4 is 5.91 Å². The quantitative estimate of drug-likeness (QED) is 0.559. The van der Waals surface area contributed by atoms with E-state index in [9.17, 15) is 14.3 Å². The van der Waals surface area contributed by atoms with Gasteiger partial charge in [-0.15, -0.1) is 0 Å². The minimum Gasteiger partial charge on any atom is -0.472 e. The lowest BCUT2D eigenvalue weighted by atomic mass is 9.99. The number of pyridine rings is 2. The fourth-order valence-electron chi connectivity index (χ4n) is 4.32. The van der Waals surface area contributed by atoms with Gasteiger partial charge >= 0.3 is 0 Å². The largest absolute Gasteiger partial charge is 0.472 e. The number of hydrogen-bond acceptors (Lipinski definition) is 6. The Hall–Kier alpha value is -3.36. The summed E-state index contributed by atoms with van der Waals surface area (Å²) in [5.74, 6) is -0.391. The van der Waals surface area contributed by atoms with Gasteiger partial charge in [-0.05, 0) is 49.4 Å². The monoisotopic (exact) mass is 478 g/mol. The van der Waals surface area contributed by atoms with E-state index in [0.29, 0.717) is 36.3 Å². The molecular weight excluding hydrogens is 447 g/mol. The third-order valence-corrected chi connectivity index (χ3v) is 6.35. The van der Waals surface area contributed by atoms with Gasteiger partial charge in [-0.2, -0.15) is 0 Å². The Morgan fingerprint density at radius 2 is 2.06 bits per heavy atom. The van der Waals surface area contributed by atoms with Gasteiger partial charge in [0, 0.05) is 49.7 Å².